The van der Waals surface area contributed by atoms with E-state index in [0.717, 1.165) is 64.2 Å². The fraction of sp³-hybridized carbons (Fsp3) is 0.840. The molecule has 0 bridgehead atoms. The van der Waals surface area contributed by atoms with Crippen LogP contribution in [0.25, 0.3) is 0 Å². The molecule has 0 rings (SSSR count). The molecule has 0 saturated heterocycles. The van der Waals surface area contributed by atoms with Crippen LogP contribution >= 0.6 is 0 Å². The molecule has 0 fully saturated rings. The minimum absolute atomic E-state index is 0.0322. The average molecular weight is 788 g/mol. The van der Waals surface area contributed by atoms with Crippen LogP contribution in [0.1, 0.15) is 245 Å². The van der Waals surface area contributed by atoms with Crippen LogP contribution in [0.2, 0.25) is 0 Å². The van der Waals surface area contributed by atoms with Crippen molar-refractivity contribution in [2.24, 2.45) is 0 Å². The number of aliphatic hydroxyl groups excluding tert-OH is 2. The molecule has 0 aromatic heterocycles. The van der Waals surface area contributed by atoms with E-state index in [4.69, 9.17) is 4.74 Å². The molecule has 2 unspecified atom stereocenters. The molecule has 6 heteroatoms. The van der Waals surface area contributed by atoms with Crippen LogP contribution in [-0.4, -0.2) is 47.4 Å². The van der Waals surface area contributed by atoms with Crippen molar-refractivity contribution in [1.82, 2.24) is 5.32 Å². The van der Waals surface area contributed by atoms with Gasteiger partial charge in [-0.25, -0.2) is 0 Å². The number of hydrogen-bond donors (Lipinski definition) is 3. The van der Waals surface area contributed by atoms with E-state index < -0.39 is 12.1 Å². The Kier molecular flexibility index (Phi) is 44.2. The zero-order chi connectivity index (χ0) is 40.8. The highest BCUT2D eigenvalue weighted by Gasteiger charge is 2.18. The molecule has 0 spiro atoms. The van der Waals surface area contributed by atoms with Crippen molar-refractivity contribution in [2.45, 2.75) is 257 Å². The zero-order valence-electron chi connectivity index (χ0n) is 37.1. The number of hydrogen-bond acceptors (Lipinski definition) is 5. The molecule has 328 valence electrons. The smallest absolute Gasteiger partial charge is 0.305 e. The average Bonchev–Trinajstić information content (AvgIpc) is 3.20. The highest BCUT2D eigenvalue weighted by Crippen LogP contribution is 2.14. The highest BCUT2D eigenvalue weighted by molar-refractivity contribution is 5.76. The van der Waals surface area contributed by atoms with E-state index in [1.54, 1.807) is 6.08 Å². The second-order valence-electron chi connectivity index (χ2n) is 16.4. The Labute approximate surface area is 347 Å². The van der Waals surface area contributed by atoms with Crippen molar-refractivity contribution in [3.05, 3.63) is 36.5 Å². The van der Waals surface area contributed by atoms with E-state index in [1.165, 1.54) is 154 Å². The monoisotopic (exact) mass is 788 g/mol. The van der Waals surface area contributed by atoms with Crippen molar-refractivity contribution in [3.63, 3.8) is 0 Å². The van der Waals surface area contributed by atoms with Crippen LogP contribution in [0, 0.1) is 0 Å². The van der Waals surface area contributed by atoms with Crippen molar-refractivity contribution in [3.8, 4) is 0 Å². The third-order valence-corrected chi connectivity index (χ3v) is 10.9. The molecule has 0 heterocycles. The standard InChI is InChI=1S/C50H93NO5/c1-3-5-7-9-11-13-15-16-17-18-19-20-21-22-24-28-32-36-40-44-50(55)56-45-41-37-33-29-25-27-31-35-39-43-49(54)51-47(46-52)48(53)42-38-34-30-26-23-14-12-10-8-6-4-2/h11,13,16-17,38,42,47-48,52-53H,3-10,12,14-15,18-37,39-41,43-46H2,1-2H3,(H,51,54)/b13-11-,17-16-,42-38+. The van der Waals surface area contributed by atoms with Gasteiger partial charge in [0.15, 0.2) is 0 Å². The number of ether oxygens (including phenoxy) is 1. The van der Waals surface area contributed by atoms with Gasteiger partial charge in [-0.15, -0.1) is 0 Å². The molecule has 0 aliphatic rings. The summed E-state index contributed by atoms with van der Waals surface area (Å²) in [5.74, 6) is -0.130. The molecule has 2 atom stereocenters. The molecule has 3 N–H and O–H groups in total. The number of amides is 1. The van der Waals surface area contributed by atoms with Crippen molar-refractivity contribution >= 4 is 11.9 Å². The first-order chi connectivity index (χ1) is 27.5. The zero-order valence-corrected chi connectivity index (χ0v) is 37.1. The van der Waals surface area contributed by atoms with Crippen LogP contribution in [0.15, 0.2) is 36.5 Å². The van der Waals surface area contributed by atoms with Gasteiger partial charge >= 0.3 is 5.97 Å². The minimum Gasteiger partial charge on any atom is -0.466 e. The first-order valence-electron chi connectivity index (χ1n) is 24.3. The number of esters is 1. The summed E-state index contributed by atoms with van der Waals surface area (Å²) in [5, 5.41) is 22.9. The summed E-state index contributed by atoms with van der Waals surface area (Å²) in [4.78, 5) is 24.4. The Hall–Kier alpha value is -1.92. The van der Waals surface area contributed by atoms with Gasteiger partial charge in [0, 0.05) is 12.8 Å². The topological polar surface area (TPSA) is 95.9 Å². The Morgan fingerprint density at radius 3 is 1.39 bits per heavy atom. The number of rotatable bonds is 44. The molecule has 1 amide bonds. The fourth-order valence-electron chi connectivity index (χ4n) is 7.13. The van der Waals surface area contributed by atoms with Crippen molar-refractivity contribution in [2.75, 3.05) is 13.2 Å². The predicted molar refractivity (Wildman–Crippen MR) is 241 cm³/mol. The summed E-state index contributed by atoms with van der Waals surface area (Å²) in [6, 6.07) is -0.647. The molecule has 0 aliphatic carbocycles. The summed E-state index contributed by atoms with van der Waals surface area (Å²) in [6.45, 7) is 4.79. The molecular formula is C50H93NO5. The molecule has 0 saturated carbocycles. The van der Waals surface area contributed by atoms with E-state index in [-0.39, 0.29) is 18.5 Å². The Morgan fingerprint density at radius 2 is 0.893 bits per heavy atom. The van der Waals surface area contributed by atoms with Crippen LogP contribution in [0.5, 0.6) is 0 Å². The predicted octanol–water partition coefficient (Wildman–Crippen LogP) is 14.1. The molecule has 0 aliphatic heterocycles. The summed E-state index contributed by atoms with van der Waals surface area (Å²) in [5.41, 5.74) is 0. The molecule has 0 aromatic rings. The first kappa shape index (κ1) is 54.1. The third-order valence-electron chi connectivity index (χ3n) is 10.9. The van der Waals surface area contributed by atoms with Crippen molar-refractivity contribution < 1.29 is 24.5 Å². The maximum absolute atomic E-state index is 12.4. The lowest BCUT2D eigenvalue weighted by Crippen LogP contribution is -2.45. The molecule has 0 radical (unpaired) electrons. The van der Waals surface area contributed by atoms with Gasteiger partial charge in [-0.05, 0) is 64.2 Å². The van der Waals surface area contributed by atoms with Gasteiger partial charge in [0.05, 0.1) is 25.4 Å². The maximum Gasteiger partial charge on any atom is 0.305 e. The SMILES string of the molecule is CCCCC/C=C\C/C=C\CCCCCCCCCCCC(=O)OCCCCCCCCCCCC(=O)NC(CO)C(O)/C=C/CCCCCCCCCCC. The Morgan fingerprint density at radius 1 is 0.500 bits per heavy atom. The number of nitrogens with one attached hydrogen (secondary N) is 1. The van der Waals surface area contributed by atoms with Gasteiger partial charge in [-0.2, -0.15) is 0 Å². The lowest BCUT2D eigenvalue weighted by Gasteiger charge is -2.20. The summed E-state index contributed by atoms with van der Waals surface area (Å²) in [6.07, 6.45) is 54.2. The largest absolute Gasteiger partial charge is 0.466 e. The summed E-state index contributed by atoms with van der Waals surface area (Å²) >= 11 is 0. The number of carbonyl (C=O) groups excluding carboxylic acids is 2. The summed E-state index contributed by atoms with van der Waals surface area (Å²) in [7, 11) is 0. The molecule has 6 nitrogen and oxygen atoms in total. The third kappa shape index (κ3) is 41.7. The van der Waals surface area contributed by atoms with E-state index in [9.17, 15) is 19.8 Å². The lowest BCUT2D eigenvalue weighted by atomic mass is 10.1. The number of allylic oxidation sites excluding steroid dienone is 5. The Balaban J connectivity index is 3.50. The first-order valence-corrected chi connectivity index (χ1v) is 24.3. The molecule has 0 aromatic carbocycles. The second-order valence-corrected chi connectivity index (χ2v) is 16.4. The maximum atomic E-state index is 12.4. The van der Waals surface area contributed by atoms with Gasteiger partial charge in [0.25, 0.3) is 0 Å². The van der Waals surface area contributed by atoms with Gasteiger partial charge in [-0.1, -0.05) is 204 Å². The van der Waals surface area contributed by atoms with Crippen LogP contribution in [-0.2, 0) is 14.3 Å². The van der Waals surface area contributed by atoms with Gasteiger partial charge in [0.1, 0.15) is 0 Å². The highest BCUT2D eigenvalue weighted by atomic mass is 16.5. The van der Waals surface area contributed by atoms with Gasteiger partial charge < -0.3 is 20.3 Å². The number of carbonyl (C=O) groups is 2. The van der Waals surface area contributed by atoms with E-state index in [2.05, 4.69) is 43.5 Å². The van der Waals surface area contributed by atoms with Crippen molar-refractivity contribution in [1.29, 1.82) is 0 Å². The van der Waals surface area contributed by atoms with Gasteiger partial charge in [-0.3, -0.25) is 9.59 Å². The quantitative estimate of drug-likeness (QED) is 0.0325. The lowest BCUT2D eigenvalue weighted by molar-refractivity contribution is -0.143. The summed E-state index contributed by atoms with van der Waals surface area (Å²) < 4.78 is 5.45. The van der Waals surface area contributed by atoms with Crippen LogP contribution < -0.4 is 5.32 Å². The van der Waals surface area contributed by atoms with Crippen LogP contribution in [0.4, 0.5) is 0 Å². The van der Waals surface area contributed by atoms with E-state index in [0.29, 0.717) is 19.4 Å². The molecular weight excluding hydrogens is 695 g/mol. The molecule has 56 heavy (non-hydrogen) atoms. The fourth-order valence-corrected chi connectivity index (χ4v) is 7.13. The number of aliphatic hydroxyl groups is 2. The van der Waals surface area contributed by atoms with Gasteiger partial charge in [0.2, 0.25) is 5.91 Å². The second kappa shape index (κ2) is 45.8. The number of unbranched alkanes of at least 4 members (excludes halogenated alkanes) is 29. The Bertz CT molecular complexity index is 915. The van der Waals surface area contributed by atoms with Crippen LogP contribution in [0.3, 0.4) is 0 Å². The normalized spacial score (nSPS) is 13.0. The van der Waals surface area contributed by atoms with E-state index >= 15 is 0 Å². The van der Waals surface area contributed by atoms with E-state index in [1.807, 2.05) is 6.08 Å². The minimum atomic E-state index is -0.861.